The van der Waals surface area contributed by atoms with Crippen LogP contribution in [0.3, 0.4) is 0 Å². The zero-order valence-electron chi connectivity index (χ0n) is 13.4. The third kappa shape index (κ3) is 3.43. The monoisotopic (exact) mass is 327 g/mol. The second-order valence-corrected chi connectivity index (χ2v) is 5.01. The maximum Gasteiger partial charge on any atom is 0.248 e. The van der Waals surface area contributed by atoms with Gasteiger partial charge in [-0.15, -0.1) is 0 Å². The molecule has 0 saturated heterocycles. The molecule has 2 aromatic carbocycles. The molecule has 1 N–H and O–H groups in total. The Balaban J connectivity index is 1.67. The number of nitrogens with one attached hydrogen (secondary N) is 1. The predicted octanol–water partition coefficient (Wildman–Crippen LogP) is 3.08. The number of rotatable bonds is 5. The average molecular weight is 327 g/mol. The van der Waals surface area contributed by atoms with Crippen molar-refractivity contribution in [3.05, 3.63) is 48.0 Å². The van der Waals surface area contributed by atoms with Crippen LogP contribution in [-0.2, 0) is 4.79 Å². The standard InChI is InChI=1S/C18H17NO5/c1-21-14-6-3-12(9-16(14)22-2)4-8-18(20)19-13-5-7-15-17(10-13)24-11-23-15/h3-10H,11H2,1-2H3,(H,19,20)/b8-4+. The van der Waals surface area contributed by atoms with Crippen LogP contribution in [0.2, 0.25) is 0 Å². The van der Waals surface area contributed by atoms with E-state index in [4.69, 9.17) is 18.9 Å². The van der Waals surface area contributed by atoms with Gasteiger partial charge in [-0.05, 0) is 35.9 Å². The van der Waals surface area contributed by atoms with E-state index in [2.05, 4.69) is 5.32 Å². The maximum absolute atomic E-state index is 12.0. The van der Waals surface area contributed by atoms with E-state index in [1.807, 2.05) is 6.07 Å². The summed E-state index contributed by atoms with van der Waals surface area (Å²) >= 11 is 0. The van der Waals surface area contributed by atoms with E-state index in [9.17, 15) is 4.79 Å². The van der Waals surface area contributed by atoms with Crippen LogP contribution in [0.4, 0.5) is 5.69 Å². The van der Waals surface area contributed by atoms with Crippen LogP contribution in [0.1, 0.15) is 5.56 Å². The minimum atomic E-state index is -0.247. The van der Waals surface area contributed by atoms with Crippen LogP contribution in [0.5, 0.6) is 23.0 Å². The third-order valence-corrected chi connectivity index (χ3v) is 3.47. The van der Waals surface area contributed by atoms with Crippen molar-refractivity contribution < 1.29 is 23.7 Å². The number of ether oxygens (including phenoxy) is 4. The van der Waals surface area contributed by atoms with Crippen LogP contribution in [0, 0.1) is 0 Å². The molecule has 0 aliphatic carbocycles. The Morgan fingerprint density at radius 3 is 2.62 bits per heavy atom. The molecule has 1 heterocycles. The summed E-state index contributed by atoms with van der Waals surface area (Å²) < 4.78 is 20.9. The largest absolute Gasteiger partial charge is 0.493 e. The fourth-order valence-corrected chi connectivity index (χ4v) is 2.29. The predicted molar refractivity (Wildman–Crippen MR) is 89.8 cm³/mol. The maximum atomic E-state index is 12.0. The van der Waals surface area contributed by atoms with E-state index in [-0.39, 0.29) is 12.7 Å². The smallest absolute Gasteiger partial charge is 0.248 e. The number of hydrogen-bond donors (Lipinski definition) is 1. The van der Waals surface area contributed by atoms with Gasteiger partial charge < -0.3 is 24.3 Å². The van der Waals surface area contributed by atoms with E-state index in [1.165, 1.54) is 6.08 Å². The molecule has 124 valence electrons. The highest BCUT2D eigenvalue weighted by molar-refractivity contribution is 6.02. The summed E-state index contributed by atoms with van der Waals surface area (Å²) in [5, 5.41) is 2.78. The molecule has 1 aliphatic heterocycles. The van der Waals surface area contributed by atoms with Crippen molar-refractivity contribution in [2.24, 2.45) is 0 Å². The van der Waals surface area contributed by atoms with Crippen LogP contribution >= 0.6 is 0 Å². The number of anilines is 1. The highest BCUT2D eigenvalue weighted by Gasteiger charge is 2.13. The molecule has 1 aliphatic rings. The van der Waals surface area contributed by atoms with Crippen LogP contribution < -0.4 is 24.3 Å². The van der Waals surface area contributed by atoms with Gasteiger partial charge >= 0.3 is 0 Å². The Labute approximate surface area is 139 Å². The summed E-state index contributed by atoms with van der Waals surface area (Å²) in [7, 11) is 3.14. The molecule has 2 aromatic rings. The van der Waals surface area contributed by atoms with E-state index >= 15 is 0 Å². The van der Waals surface area contributed by atoms with Crippen molar-refractivity contribution in [1.82, 2.24) is 0 Å². The van der Waals surface area contributed by atoms with Gasteiger partial charge in [-0.3, -0.25) is 4.79 Å². The van der Waals surface area contributed by atoms with Gasteiger partial charge in [-0.2, -0.15) is 0 Å². The van der Waals surface area contributed by atoms with Gasteiger partial charge in [0, 0.05) is 17.8 Å². The summed E-state index contributed by atoms with van der Waals surface area (Å²) in [4.78, 5) is 12.0. The van der Waals surface area contributed by atoms with E-state index in [1.54, 1.807) is 50.6 Å². The summed E-state index contributed by atoms with van der Waals surface area (Å²) in [5.41, 5.74) is 1.47. The van der Waals surface area contributed by atoms with Crippen molar-refractivity contribution >= 4 is 17.7 Å². The highest BCUT2D eigenvalue weighted by Crippen LogP contribution is 2.34. The third-order valence-electron chi connectivity index (χ3n) is 3.47. The Morgan fingerprint density at radius 2 is 1.83 bits per heavy atom. The van der Waals surface area contributed by atoms with Crippen molar-refractivity contribution in [3.8, 4) is 23.0 Å². The number of amides is 1. The van der Waals surface area contributed by atoms with Gasteiger partial charge in [0.15, 0.2) is 23.0 Å². The van der Waals surface area contributed by atoms with Crippen molar-refractivity contribution in [2.45, 2.75) is 0 Å². The quantitative estimate of drug-likeness (QED) is 0.855. The fourth-order valence-electron chi connectivity index (χ4n) is 2.29. The summed E-state index contributed by atoms with van der Waals surface area (Å²) in [5.74, 6) is 2.30. The molecule has 0 aromatic heterocycles. The minimum absolute atomic E-state index is 0.200. The Bertz CT molecular complexity index is 785. The number of methoxy groups -OCH3 is 2. The van der Waals surface area contributed by atoms with E-state index in [0.29, 0.717) is 28.7 Å². The molecule has 1 amide bonds. The molecule has 6 nitrogen and oxygen atoms in total. The van der Waals surface area contributed by atoms with Crippen LogP contribution in [-0.4, -0.2) is 26.9 Å². The Morgan fingerprint density at radius 1 is 1.04 bits per heavy atom. The molecular formula is C18H17NO5. The molecule has 0 fully saturated rings. The van der Waals surface area contributed by atoms with Gasteiger partial charge in [0.25, 0.3) is 0 Å². The fraction of sp³-hybridized carbons (Fsp3) is 0.167. The van der Waals surface area contributed by atoms with Gasteiger partial charge in [-0.25, -0.2) is 0 Å². The highest BCUT2D eigenvalue weighted by atomic mass is 16.7. The number of fused-ring (bicyclic) bond motifs is 1. The molecule has 0 saturated carbocycles. The molecule has 24 heavy (non-hydrogen) atoms. The second kappa shape index (κ2) is 6.95. The zero-order chi connectivity index (χ0) is 16.9. The van der Waals surface area contributed by atoms with Gasteiger partial charge in [0.2, 0.25) is 12.7 Å². The normalized spacial score (nSPS) is 12.2. The lowest BCUT2D eigenvalue weighted by atomic mass is 10.2. The van der Waals surface area contributed by atoms with E-state index < -0.39 is 0 Å². The molecule has 3 rings (SSSR count). The molecule has 0 atom stereocenters. The van der Waals surface area contributed by atoms with Crippen molar-refractivity contribution in [1.29, 1.82) is 0 Å². The summed E-state index contributed by atoms with van der Waals surface area (Å²) in [6.45, 7) is 0.200. The molecule has 0 radical (unpaired) electrons. The molecule has 6 heteroatoms. The average Bonchev–Trinajstić information content (AvgIpc) is 3.07. The summed E-state index contributed by atoms with van der Waals surface area (Å²) in [6, 6.07) is 10.7. The lowest BCUT2D eigenvalue weighted by Gasteiger charge is -2.07. The lowest BCUT2D eigenvalue weighted by Crippen LogP contribution is -2.07. The molecule has 0 bridgehead atoms. The number of carbonyl (C=O) groups excluding carboxylic acids is 1. The van der Waals surface area contributed by atoms with Gasteiger partial charge in [-0.1, -0.05) is 6.07 Å². The zero-order valence-corrected chi connectivity index (χ0v) is 13.4. The number of hydrogen-bond acceptors (Lipinski definition) is 5. The topological polar surface area (TPSA) is 66.0 Å². The van der Waals surface area contributed by atoms with Crippen molar-refractivity contribution in [3.63, 3.8) is 0 Å². The van der Waals surface area contributed by atoms with E-state index in [0.717, 1.165) is 5.56 Å². The minimum Gasteiger partial charge on any atom is -0.493 e. The van der Waals surface area contributed by atoms with Crippen molar-refractivity contribution in [2.75, 3.05) is 26.3 Å². The molecule has 0 spiro atoms. The second-order valence-electron chi connectivity index (χ2n) is 5.01. The first-order valence-corrected chi connectivity index (χ1v) is 7.30. The first-order valence-electron chi connectivity index (χ1n) is 7.30. The lowest BCUT2D eigenvalue weighted by molar-refractivity contribution is -0.111. The Kier molecular flexibility index (Phi) is 4.56. The Hall–Kier alpha value is -3.15. The van der Waals surface area contributed by atoms with Gasteiger partial charge in [0.1, 0.15) is 0 Å². The first-order chi connectivity index (χ1) is 11.7. The SMILES string of the molecule is COc1ccc(/C=C/C(=O)Nc2ccc3c(c2)OCO3)cc1OC. The molecular weight excluding hydrogens is 310 g/mol. The van der Waals surface area contributed by atoms with Gasteiger partial charge in [0.05, 0.1) is 14.2 Å². The number of benzene rings is 2. The first kappa shape index (κ1) is 15.7. The number of carbonyl (C=O) groups is 1. The summed E-state index contributed by atoms with van der Waals surface area (Å²) in [6.07, 6.45) is 3.15. The van der Waals surface area contributed by atoms with Crippen LogP contribution in [0.25, 0.3) is 6.08 Å². The molecule has 0 unspecified atom stereocenters. The van der Waals surface area contributed by atoms with Crippen LogP contribution in [0.15, 0.2) is 42.5 Å².